The number of hydrogen-bond acceptors (Lipinski definition) is 3. The maximum Gasteiger partial charge on any atom is 0.0558 e. The van der Waals surface area contributed by atoms with Gasteiger partial charge in [0.05, 0.1) is 13.2 Å². The Kier molecular flexibility index (Phi) is 5.45. The van der Waals surface area contributed by atoms with Gasteiger partial charge in [0.2, 0.25) is 0 Å². The van der Waals surface area contributed by atoms with Crippen LogP contribution in [-0.4, -0.2) is 47.5 Å². The summed E-state index contributed by atoms with van der Waals surface area (Å²) in [5.74, 6) is 0.800. The van der Waals surface area contributed by atoms with Crippen LogP contribution in [0.5, 0.6) is 0 Å². The van der Waals surface area contributed by atoms with Gasteiger partial charge >= 0.3 is 0 Å². The third-order valence-electron chi connectivity index (χ3n) is 3.20. The summed E-state index contributed by atoms with van der Waals surface area (Å²) < 4.78 is 0. The van der Waals surface area contributed by atoms with Crippen LogP contribution in [0.3, 0.4) is 0 Å². The molecule has 0 aromatic rings. The Balaban J connectivity index is 2.39. The molecule has 0 amide bonds. The number of nitrogens with zero attached hydrogens (tertiary/aromatic N) is 1. The van der Waals surface area contributed by atoms with Gasteiger partial charge in [-0.2, -0.15) is 0 Å². The number of aliphatic hydroxyl groups is 2. The second-order valence-corrected chi connectivity index (χ2v) is 4.41. The van der Waals surface area contributed by atoms with Gasteiger partial charge in [0, 0.05) is 19.1 Å². The van der Waals surface area contributed by atoms with E-state index in [0.29, 0.717) is 19.1 Å². The normalized spacial score (nSPS) is 28.3. The lowest BCUT2D eigenvalue weighted by atomic mass is 9.86. The highest BCUT2D eigenvalue weighted by molar-refractivity contribution is 4.78. The van der Waals surface area contributed by atoms with Crippen LogP contribution in [0.2, 0.25) is 0 Å². The molecule has 0 aromatic heterocycles. The van der Waals surface area contributed by atoms with Crippen molar-refractivity contribution in [3.63, 3.8) is 0 Å². The van der Waals surface area contributed by atoms with Crippen molar-refractivity contribution in [2.24, 2.45) is 5.92 Å². The smallest absolute Gasteiger partial charge is 0.0558 e. The topological polar surface area (TPSA) is 43.7 Å². The van der Waals surface area contributed by atoms with E-state index < -0.39 is 0 Å². The van der Waals surface area contributed by atoms with Crippen LogP contribution in [-0.2, 0) is 0 Å². The fourth-order valence-corrected chi connectivity index (χ4v) is 2.47. The summed E-state index contributed by atoms with van der Waals surface area (Å²) in [7, 11) is 0. The summed E-state index contributed by atoms with van der Waals surface area (Å²) in [6.07, 6.45) is 5.08. The van der Waals surface area contributed by atoms with Crippen molar-refractivity contribution in [3.05, 3.63) is 0 Å². The Morgan fingerprint density at radius 1 is 1.14 bits per heavy atom. The molecule has 2 unspecified atom stereocenters. The second-order valence-electron chi connectivity index (χ2n) is 4.41. The van der Waals surface area contributed by atoms with Gasteiger partial charge < -0.3 is 10.2 Å². The zero-order chi connectivity index (χ0) is 10.4. The molecule has 0 radical (unpaired) electrons. The molecule has 2 atom stereocenters. The number of hydrogen-bond donors (Lipinski definition) is 2. The Hall–Kier alpha value is -0.120. The molecule has 0 heterocycles. The Morgan fingerprint density at radius 3 is 2.29 bits per heavy atom. The number of rotatable bonds is 5. The molecule has 0 saturated heterocycles. The zero-order valence-corrected chi connectivity index (χ0v) is 9.15. The van der Waals surface area contributed by atoms with Crippen LogP contribution in [0, 0.1) is 5.92 Å². The van der Waals surface area contributed by atoms with Crippen LogP contribution in [0.15, 0.2) is 0 Å². The van der Waals surface area contributed by atoms with E-state index in [9.17, 15) is 0 Å². The van der Waals surface area contributed by atoms with Gasteiger partial charge in [0.15, 0.2) is 0 Å². The summed E-state index contributed by atoms with van der Waals surface area (Å²) in [6, 6.07) is 0.582. The Bertz CT molecular complexity index is 143. The van der Waals surface area contributed by atoms with Crippen LogP contribution >= 0.6 is 0 Å². The molecule has 0 aromatic carbocycles. The SMILES string of the molecule is CC1CCCC(N(CCO)CCO)C1. The largest absolute Gasteiger partial charge is 0.395 e. The minimum absolute atomic E-state index is 0.199. The molecule has 14 heavy (non-hydrogen) atoms. The van der Waals surface area contributed by atoms with Gasteiger partial charge in [0.25, 0.3) is 0 Å². The second kappa shape index (κ2) is 6.38. The van der Waals surface area contributed by atoms with Gasteiger partial charge in [-0.25, -0.2) is 0 Å². The summed E-state index contributed by atoms with van der Waals surface area (Å²) in [5.41, 5.74) is 0. The van der Waals surface area contributed by atoms with Crippen molar-refractivity contribution < 1.29 is 10.2 Å². The highest BCUT2D eigenvalue weighted by Crippen LogP contribution is 2.26. The molecule has 84 valence electrons. The van der Waals surface area contributed by atoms with Crippen molar-refractivity contribution in [3.8, 4) is 0 Å². The average molecular weight is 201 g/mol. The molecule has 1 aliphatic carbocycles. The predicted octanol–water partition coefficient (Wildman–Crippen LogP) is 0.852. The summed E-state index contributed by atoms with van der Waals surface area (Å²) in [5, 5.41) is 17.9. The fraction of sp³-hybridized carbons (Fsp3) is 1.00. The van der Waals surface area contributed by atoms with Crippen LogP contribution in [0.4, 0.5) is 0 Å². The molecular formula is C11H23NO2. The van der Waals surface area contributed by atoms with Gasteiger partial charge in [-0.3, -0.25) is 4.90 Å². The van der Waals surface area contributed by atoms with E-state index in [-0.39, 0.29) is 13.2 Å². The lowest BCUT2D eigenvalue weighted by Crippen LogP contribution is -2.41. The van der Waals surface area contributed by atoms with Crippen molar-refractivity contribution in [2.45, 2.75) is 38.6 Å². The lowest BCUT2D eigenvalue weighted by molar-refractivity contribution is 0.0891. The van der Waals surface area contributed by atoms with E-state index in [4.69, 9.17) is 10.2 Å². The lowest BCUT2D eigenvalue weighted by Gasteiger charge is -2.36. The van der Waals surface area contributed by atoms with Gasteiger partial charge in [-0.05, 0) is 18.8 Å². The van der Waals surface area contributed by atoms with E-state index in [0.717, 1.165) is 5.92 Å². The van der Waals surface area contributed by atoms with Crippen LogP contribution in [0.1, 0.15) is 32.6 Å². The summed E-state index contributed by atoms with van der Waals surface area (Å²) >= 11 is 0. The zero-order valence-electron chi connectivity index (χ0n) is 9.15. The van der Waals surface area contributed by atoms with Crippen LogP contribution in [0.25, 0.3) is 0 Å². The molecule has 3 heteroatoms. The first-order valence-corrected chi connectivity index (χ1v) is 5.73. The van der Waals surface area contributed by atoms with E-state index in [2.05, 4.69) is 11.8 Å². The van der Waals surface area contributed by atoms with Gasteiger partial charge in [-0.15, -0.1) is 0 Å². The number of aliphatic hydroxyl groups excluding tert-OH is 2. The molecule has 1 aliphatic rings. The van der Waals surface area contributed by atoms with Crippen molar-refractivity contribution in [1.82, 2.24) is 4.90 Å². The molecule has 3 nitrogen and oxygen atoms in total. The van der Waals surface area contributed by atoms with Crippen molar-refractivity contribution >= 4 is 0 Å². The van der Waals surface area contributed by atoms with E-state index in [1.807, 2.05) is 0 Å². The van der Waals surface area contributed by atoms with E-state index in [1.165, 1.54) is 25.7 Å². The first kappa shape index (κ1) is 12.0. The monoisotopic (exact) mass is 201 g/mol. The third-order valence-corrected chi connectivity index (χ3v) is 3.20. The maximum absolute atomic E-state index is 8.94. The Labute approximate surface area is 86.7 Å². The minimum Gasteiger partial charge on any atom is -0.395 e. The molecule has 0 spiro atoms. The molecule has 1 fully saturated rings. The minimum atomic E-state index is 0.199. The highest BCUT2D eigenvalue weighted by Gasteiger charge is 2.23. The third kappa shape index (κ3) is 3.56. The van der Waals surface area contributed by atoms with Crippen molar-refractivity contribution in [2.75, 3.05) is 26.3 Å². The van der Waals surface area contributed by atoms with Crippen molar-refractivity contribution in [1.29, 1.82) is 0 Å². The van der Waals surface area contributed by atoms with E-state index >= 15 is 0 Å². The molecule has 0 bridgehead atoms. The van der Waals surface area contributed by atoms with Crippen LogP contribution < -0.4 is 0 Å². The molecular weight excluding hydrogens is 178 g/mol. The quantitative estimate of drug-likeness (QED) is 0.693. The first-order valence-electron chi connectivity index (χ1n) is 5.73. The highest BCUT2D eigenvalue weighted by atomic mass is 16.3. The molecule has 2 N–H and O–H groups in total. The summed E-state index contributed by atoms with van der Waals surface area (Å²) in [6.45, 7) is 4.11. The molecule has 1 saturated carbocycles. The van der Waals surface area contributed by atoms with Gasteiger partial charge in [0.1, 0.15) is 0 Å². The Morgan fingerprint density at radius 2 is 1.79 bits per heavy atom. The predicted molar refractivity (Wildman–Crippen MR) is 57.2 cm³/mol. The van der Waals surface area contributed by atoms with Gasteiger partial charge in [-0.1, -0.05) is 19.8 Å². The average Bonchev–Trinajstić information content (AvgIpc) is 2.17. The molecule has 0 aliphatic heterocycles. The first-order chi connectivity index (χ1) is 6.77. The molecule has 1 rings (SSSR count). The maximum atomic E-state index is 8.94. The standard InChI is InChI=1S/C11H23NO2/c1-10-3-2-4-11(9-10)12(5-7-13)6-8-14/h10-11,13-14H,2-9H2,1H3. The van der Waals surface area contributed by atoms with E-state index in [1.54, 1.807) is 0 Å². The fourth-order valence-electron chi connectivity index (χ4n) is 2.47. The summed E-state index contributed by atoms with van der Waals surface area (Å²) in [4.78, 5) is 2.23.